The van der Waals surface area contributed by atoms with E-state index in [1.165, 1.54) is 12.0 Å². The lowest BCUT2D eigenvalue weighted by Crippen LogP contribution is -2.42. The zero-order chi connectivity index (χ0) is 12.6. The maximum atomic E-state index is 11.7. The molecule has 5 heteroatoms. The van der Waals surface area contributed by atoms with Crippen molar-refractivity contribution in [3.05, 3.63) is 23.8 Å². The summed E-state index contributed by atoms with van der Waals surface area (Å²) in [5, 5.41) is 0. The molecule has 0 N–H and O–H groups in total. The van der Waals surface area contributed by atoms with Crippen molar-refractivity contribution in [2.75, 3.05) is 19.1 Å². The maximum Gasteiger partial charge on any atom is 0.337 e. The molecule has 1 atom stereocenters. The van der Waals surface area contributed by atoms with Gasteiger partial charge in [-0.1, -0.05) is 0 Å². The molecule has 0 aromatic heterocycles. The molecule has 1 heterocycles. The first-order chi connectivity index (χ1) is 8.04. The summed E-state index contributed by atoms with van der Waals surface area (Å²) in [6.45, 7) is 1.69. The van der Waals surface area contributed by atoms with Crippen LogP contribution in [-0.4, -0.2) is 32.1 Å². The topological polar surface area (TPSA) is 55.8 Å². The Morgan fingerprint density at radius 1 is 1.47 bits per heavy atom. The van der Waals surface area contributed by atoms with Gasteiger partial charge in [0.15, 0.2) is 6.10 Å². The second kappa shape index (κ2) is 4.08. The third-order valence-electron chi connectivity index (χ3n) is 2.72. The van der Waals surface area contributed by atoms with Gasteiger partial charge >= 0.3 is 5.97 Å². The summed E-state index contributed by atoms with van der Waals surface area (Å²) in [4.78, 5) is 24.6. The number of fused-ring (bicyclic) bond motifs is 1. The Kier molecular flexibility index (Phi) is 2.75. The Morgan fingerprint density at radius 3 is 2.82 bits per heavy atom. The number of rotatable bonds is 1. The van der Waals surface area contributed by atoms with Crippen molar-refractivity contribution >= 4 is 17.6 Å². The second-order valence-electron chi connectivity index (χ2n) is 3.83. The fourth-order valence-corrected chi connectivity index (χ4v) is 1.76. The fraction of sp³-hybridized carbons (Fsp3) is 0.333. The molecule has 0 bridgehead atoms. The van der Waals surface area contributed by atoms with E-state index in [2.05, 4.69) is 4.74 Å². The molecular formula is C12H13NO4. The van der Waals surface area contributed by atoms with Crippen LogP contribution in [-0.2, 0) is 9.53 Å². The molecule has 1 aliphatic heterocycles. The molecule has 0 fully saturated rings. The highest BCUT2D eigenvalue weighted by Gasteiger charge is 2.29. The summed E-state index contributed by atoms with van der Waals surface area (Å²) in [7, 11) is 2.97. The van der Waals surface area contributed by atoms with Crippen LogP contribution < -0.4 is 9.64 Å². The summed E-state index contributed by atoms with van der Waals surface area (Å²) < 4.78 is 10.1. The Bertz CT molecular complexity index is 483. The van der Waals surface area contributed by atoms with Crippen molar-refractivity contribution in [2.45, 2.75) is 13.0 Å². The zero-order valence-electron chi connectivity index (χ0n) is 9.89. The molecule has 17 heavy (non-hydrogen) atoms. The SMILES string of the molecule is COC(=O)c1ccc2c(c1)N(C)C(=O)[C@H](C)O2. The lowest BCUT2D eigenvalue weighted by atomic mass is 10.1. The summed E-state index contributed by atoms with van der Waals surface area (Å²) in [6.07, 6.45) is -0.503. The van der Waals surface area contributed by atoms with Crippen LogP contribution in [0.2, 0.25) is 0 Å². The number of ether oxygens (including phenoxy) is 2. The number of esters is 1. The summed E-state index contributed by atoms with van der Waals surface area (Å²) in [5.74, 6) is 0.0130. The molecule has 1 aromatic rings. The minimum atomic E-state index is -0.503. The van der Waals surface area contributed by atoms with Crippen LogP contribution in [0.3, 0.4) is 0 Å². The monoisotopic (exact) mass is 235 g/mol. The third-order valence-corrected chi connectivity index (χ3v) is 2.72. The van der Waals surface area contributed by atoms with Crippen molar-refractivity contribution < 1.29 is 19.1 Å². The Balaban J connectivity index is 2.45. The molecule has 5 nitrogen and oxygen atoms in total. The summed E-state index contributed by atoms with van der Waals surface area (Å²) in [6, 6.07) is 4.87. The number of carbonyl (C=O) groups is 2. The van der Waals surface area contributed by atoms with Gasteiger partial charge in [-0.3, -0.25) is 4.79 Å². The van der Waals surface area contributed by atoms with Crippen molar-refractivity contribution in [3.8, 4) is 5.75 Å². The average molecular weight is 235 g/mol. The average Bonchev–Trinajstić information content (AvgIpc) is 2.35. The molecule has 0 aliphatic carbocycles. The first kappa shape index (κ1) is 11.4. The van der Waals surface area contributed by atoms with Gasteiger partial charge in [0.2, 0.25) is 0 Å². The van der Waals surface area contributed by atoms with Crippen molar-refractivity contribution in [1.29, 1.82) is 0 Å². The predicted octanol–water partition coefficient (Wildman–Crippen LogP) is 1.22. The maximum absolute atomic E-state index is 11.7. The van der Waals surface area contributed by atoms with E-state index in [0.29, 0.717) is 17.0 Å². The van der Waals surface area contributed by atoms with Crippen LogP contribution in [0, 0.1) is 0 Å². The quantitative estimate of drug-likeness (QED) is 0.687. The third kappa shape index (κ3) is 1.84. The van der Waals surface area contributed by atoms with Crippen LogP contribution in [0.15, 0.2) is 18.2 Å². The van der Waals surface area contributed by atoms with Gasteiger partial charge in [-0.2, -0.15) is 0 Å². The molecule has 0 saturated carbocycles. The van der Waals surface area contributed by atoms with E-state index in [9.17, 15) is 9.59 Å². The number of hydrogen-bond acceptors (Lipinski definition) is 4. The van der Waals surface area contributed by atoms with Crippen LogP contribution in [0.4, 0.5) is 5.69 Å². The molecule has 0 saturated heterocycles. The Morgan fingerprint density at radius 2 is 2.18 bits per heavy atom. The first-order valence-corrected chi connectivity index (χ1v) is 5.21. The van der Waals surface area contributed by atoms with Gasteiger partial charge in [0.1, 0.15) is 5.75 Å². The number of carbonyl (C=O) groups excluding carboxylic acids is 2. The number of methoxy groups -OCH3 is 1. The molecule has 2 rings (SSSR count). The lowest BCUT2D eigenvalue weighted by molar-refractivity contribution is -0.125. The molecule has 1 aliphatic rings. The molecular weight excluding hydrogens is 222 g/mol. The van der Waals surface area contributed by atoms with E-state index in [-0.39, 0.29) is 5.91 Å². The minimum Gasteiger partial charge on any atom is -0.479 e. The number of likely N-dealkylation sites (N-methyl/N-ethyl adjacent to an activating group) is 1. The molecule has 90 valence electrons. The van der Waals surface area contributed by atoms with E-state index in [1.54, 1.807) is 32.2 Å². The number of nitrogens with zero attached hydrogens (tertiary/aromatic N) is 1. The van der Waals surface area contributed by atoms with Crippen LogP contribution in [0.25, 0.3) is 0 Å². The molecule has 0 radical (unpaired) electrons. The fourth-order valence-electron chi connectivity index (χ4n) is 1.76. The Hall–Kier alpha value is -2.04. The van der Waals surface area contributed by atoms with Gasteiger partial charge < -0.3 is 14.4 Å². The molecule has 1 amide bonds. The minimum absolute atomic E-state index is 0.139. The van der Waals surface area contributed by atoms with E-state index in [4.69, 9.17) is 4.74 Å². The summed E-state index contributed by atoms with van der Waals surface area (Å²) in [5.41, 5.74) is 0.972. The normalized spacial score (nSPS) is 18.4. The van der Waals surface area contributed by atoms with Gasteiger partial charge in [-0.25, -0.2) is 4.79 Å². The highest BCUT2D eigenvalue weighted by molar-refractivity contribution is 6.01. The molecule has 0 unspecified atom stereocenters. The number of anilines is 1. The van der Waals surface area contributed by atoms with E-state index >= 15 is 0 Å². The van der Waals surface area contributed by atoms with Gasteiger partial charge in [0.25, 0.3) is 5.91 Å². The highest BCUT2D eigenvalue weighted by Crippen LogP contribution is 2.33. The highest BCUT2D eigenvalue weighted by atomic mass is 16.5. The van der Waals surface area contributed by atoms with Gasteiger partial charge in [0.05, 0.1) is 18.4 Å². The van der Waals surface area contributed by atoms with Crippen LogP contribution in [0.1, 0.15) is 17.3 Å². The van der Waals surface area contributed by atoms with E-state index < -0.39 is 12.1 Å². The van der Waals surface area contributed by atoms with E-state index in [0.717, 1.165) is 0 Å². The van der Waals surface area contributed by atoms with Crippen molar-refractivity contribution in [3.63, 3.8) is 0 Å². The molecule has 1 aromatic carbocycles. The molecule has 0 spiro atoms. The smallest absolute Gasteiger partial charge is 0.337 e. The largest absolute Gasteiger partial charge is 0.479 e. The lowest BCUT2D eigenvalue weighted by Gasteiger charge is -2.30. The summed E-state index contributed by atoms with van der Waals surface area (Å²) >= 11 is 0. The van der Waals surface area contributed by atoms with Crippen molar-refractivity contribution in [2.24, 2.45) is 0 Å². The second-order valence-corrected chi connectivity index (χ2v) is 3.83. The number of benzene rings is 1. The van der Waals surface area contributed by atoms with Crippen molar-refractivity contribution in [1.82, 2.24) is 0 Å². The van der Waals surface area contributed by atoms with Crippen LogP contribution >= 0.6 is 0 Å². The van der Waals surface area contributed by atoms with Gasteiger partial charge in [-0.05, 0) is 25.1 Å². The Labute approximate surface area is 98.9 Å². The number of hydrogen-bond donors (Lipinski definition) is 0. The van der Waals surface area contributed by atoms with Gasteiger partial charge in [0, 0.05) is 7.05 Å². The number of amides is 1. The predicted molar refractivity (Wildman–Crippen MR) is 61.3 cm³/mol. The zero-order valence-corrected chi connectivity index (χ0v) is 9.89. The van der Waals surface area contributed by atoms with E-state index in [1.807, 2.05) is 0 Å². The first-order valence-electron chi connectivity index (χ1n) is 5.21. The van der Waals surface area contributed by atoms with Gasteiger partial charge in [-0.15, -0.1) is 0 Å². The standard InChI is InChI=1S/C12H13NO4/c1-7-11(14)13(2)9-6-8(12(15)16-3)4-5-10(9)17-7/h4-7H,1-3H3/t7-/m0/s1. The van der Waals surface area contributed by atoms with Crippen LogP contribution in [0.5, 0.6) is 5.75 Å².